The highest BCUT2D eigenvalue weighted by atomic mass is 35.5. The van der Waals surface area contributed by atoms with E-state index >= 15 is 0 Å². The van der Waals surface area contributed by atoms with Gasteiger partial charge >= 0.3 is 11.9 Å². The Morgan fingerprint density at radius 1 is 0.982 bits per heavy atom. The van der Waals surface area contributed by atoms with Gasteiger partial charge in [-0.25, -0.2) is 9.18 Å². The third-order valence-corrected chi connectivity index (χ3v) is 10.4. The lowest BCUT2D eigenvalue weighted by Gasteiger charge is -2.38. The van der Waals surface area contributed by atoms with Crippen molar-refractivity contribution in [3.63, 3.8) is 0 Å². The summed E-state index contributed by atoms with van der Waals surface area (Å²) >= 11 is 5.98. The van der Waals surface area contributed by atoms with Gasteiger partial charge in [-0.3, -0.25) is 24.1 Å². The number of amides is 3. The molecule has 14 nitrogen and oxygen atoms in total. The van der Waals surface area contributed by atoms with E-state index in [2.05, 4.69) is 21.9 Å². The first-order chi connectivity index (χ1) is 26.9. The zero-order chi connectivity index (χ0) is 39.9. The summed E-state index contributed by atoms with van der Waals surface area (Å²) in [5.41, 5.74) is 9.79. The fourth-order valence-corrected chi connectivity index (χ4v) is 7.35. The Hall–Kier alpha value is -5.64. The number of carboxylic acid groups (broad SMARTS) is 2. The largest absolute Gasteiger partial charge is 0.480 e. The van der Waals surface area contributed by atoms with Gasteiger partial charge in [0.15, 0.2) is 5.82 Å². The van der Waals surface area contributed by atoms with E-state index in [1.54, 1.807) is 6.07 Å². The van der Waals surface area contributed by atoms with Crippen molar-refractivity contribution in [3.8, 4) is 0 Å². The van der Waals surface area contributed by atoms with Crippen LogP contribution in [0.15, 0.2) is 71.9 Å². The number of rotatable bonds is 14. The lowest BCUT2D eigenvalue weighted by Crippen LogP contribution is -2.49. The predicted molar refractivity (Wildman–Crippen MR) is 206 cm³/mol. The maximum Gasteiger partial charge on any atom is 0.335 e. The minimum atomic E-state index is -1.11. The van der Waals surface area contributed by atoms with Crippen LogP contribution in [0.4, 0.5) is 10.1 Å². The van der Waals surface area contributed by atoms with Crippen molar-refractivity contribution in [1.82, 2.24) is 15.1 Å². The van der Waals surface area contributed by atoms with E-state index in [-0.39, 0.29) is 47.3 Å². The molecule has 294 valence electrons. The molecule has 16 heteroatoms. The standard InChI is InChI=1S/C40H42ClFN6O8/c41-30-8-4-7-29(35(30)42)32-21-33(56-46-32)38(51)48-20-16-27-26(5-3-6-28(27)36(48)37(50)45-25-12-10-24(11-13-25)39(52)53)23-14-18-47(19-15-23)22-34(49)44-17-2-1-9-31(43)40(54)55/h3-8,10-14,31,33,36H,1-2,9,15-22,43H2,(H,44,49)(H,45,50)(H,52,53)(H,54,55)/t31-,33?,36?/m0/s1. The first-order valence-corrected chi connectivity index (χ1v) is 18.7. The third-order valence-electron chi connectivity index (χ3n) is 10.1. The van der Waals surface area contributed by atoms with E-state index < -0.39 is 47.8 Å². The van der Waals surface area contributed by atoms with Gasteiger partial charge in [-0.1, -0.05) is 47.1 Å². The van der Waals surface area contributed by atoms with Gasteiger partial charge in [0.1, 0.15) is 12.1 Å². The van der Waals surface area contributed by atoms with Crippen molar-refractivity contribution in [2.45, 2.75) is 56.7 Å². The van der Waals surface area contributed by atoms with Gasteiger partial charge in [0.2, 0.25) is 12.0 Å². The minimum absolute atomic E-state index is 0.0343. The number of carboxylic acids is 2. The van der Waals surface area contributed by atoms with E-state index in [0.717, 1.165) is 16.7 Å². The van der Waals surface area contributed by atoms with Crippen LogP contribution in [0.5, 0.6) is 0 Å². The zero-order valence-electron chi connectivity index (χ0n) is 30.4. The van der Waals surface area contributed by atoms with Gasteiger partial charge < -0.3 is 36.3 Å². The first-order valence-electron chi connectivity index (χ1n) is 18.3. The average molecular weight is 789 g/mol. The van der Waals surface area contributed by atoms with Crippen LogP contribution in [0, 0.1) is 5.82 Å². The van der Waals surface area contributed by atoms with Gasteiger partial charge in [0.25, 0.3) is 11.8 Å². The summed E-state index contributed by atoms with van der Waals surface area (Å²) in [6.45, 7) is 1.94. The van der Waals surface area contributed by atoms with Crippen LogP contribution in [0.2, 0.25) is 5.02 Å². The summed E-state index contributed by atoms with van der Waals surface area (Å²) in [7, 11) is 0. The molecule has 6 rings (SSSR count). The van der Waals surface area contributed by atoms with Gasteiger partial charge in [0, 0.05) is 43.9 Å². The van der Waals surface area contributed by atoms with Crippen molar-refractivity contribution in [1.29, 1.82) is 0 Å². The van der Waals surface area contributed by atoms with Gasteiger partial charge in [-0.2, -0.15) is 0 Å². The van der Waals surface area contributed by atoms with E-state index in [4.69, 9.17) is 27.3 Å². The molecule has 3 aromatic carbocycles. The quantitative estimate of drug-likeness (QED) is 0.147. The molecular weight excluding hydrogens is 747 g/mol. The number of halogens is 2. The fourth-order valence-electron chi connectivity index (χ4n) is 7.18. The van der Waals surface area contributed by atoms with E-state index in [1.165, 1.54) is 41.3 Å². The van der Waals surface area contributed by atoms with Crippen molar-refractivity contribution >= 4 is 58.2 Å². The second-order valence-electron chi connectivity index (χ2n) is 13.9. The molecule has 0 radical (unpaired) electrons. The molecule has 6 N–H and O–H groups in total. The molecule has 0 aliphatic carbocycles. The van der Waals surface area contributed by atoms with Gasteiger partial charge in [0.05, 0.1) is 22.8 Å². The molecule has 3 atom stereocenters. The fraction of sp³-hybridized carbons (Fsp3) is 0.350. The normalized spacial score (nSPS) is 18.5. The number of carbonyl (C=O) groups excluding carboxylic acids is 3. The molecule has 3 aromatic rings. The maximum absolute atomic E-state index is 14.8. The number of anilines is 1. The Morgan fingerprint density at radius 3 is 2.45 bits per heavy atom. The Labute approximate surface area is 327 Å². The van der Waals surface area contributed by atoms with Crippen molar-refractivity contribution < 1.29 is 43.4 Å². The number of hydrogen-bond acceptors (Lipinski definition) is 9. The lowest BCUT2D eigenvalue weighted by atomic mass is 9.84. The van der Waals surface area contributed by atoms with Crippen molar-refractivity contribution in [2.24, 2.45) is 10.9 Å². The number of nitrogens with one attached hydrogen (secondary N) is 2. The number of nitrogens with two attached hydrogens (primary N) is 1. The highest BCUT2D eigenvalue weighted by Gasteiger charge is 2.42. The number of benzene rings is 3. The van der Waals surface area contributed by atoms with Crippen LogP contribution in [-0.4, -0.2) is 100 Å². The molecular formula is C40H42ClFN6O8. The predicted octanol–water partition coefficient (Wildman–Crippen LogP) is 4.22. The summed E-state index contributed by atoms with van der Waals surface area (Å²) in [4.78, 5) is 72.3. The van der Waals surface area contributed by atoms with Crippen LogP contribution in [0.3, 0.4) is 0 Å². The SMILES string of the molecule is N[C@@H](CCCCNC(=O)CN1CC=C(c2cccc3c2CCN(C(=O)C2CC(c4cccc(Cl)c4F)=NO2)C3C(=O)Nc2ccc(C(=O)O)cc2)CC1)C(=O)O. The minimum Gasteiger partial charge on any atom is -0.480 e. The van der Waals surface area contributed by atoms with Crippen LogP contribution in [0.25, 0.3) is 5.57 Å². The Balaban J connectivity index is 1.17. The van der Waals surface area contributed by atoms with Crippen molar-refractivity contribution in [2.75, 3.05) is 38.0 Å². The van der Waals surface area contributed by atoms with Crippen LogP contribution in [-0.2, 0) is 30.4 Å². The highest BCUT2D eigenvalue weighted by Crippen LogP contribution is 2.38. The van der Waals surface area contributed by atoms with Gasteiger partial charge in [-0.15, -0.1) is 0 Å². The second kappa shape index (κ2) is 17.9. The Kier molecular flexibility index (Phi) is 12.8. The molecule has 0 saturated carbocycles. The van der Waals surface area contributed by atoms with E-state index in [9.17, 15) is 33.5 Å². The topological polar surface area (TPSA) is 204 Å². The first kappa shape index (κ1) is 40.0. The van der Waals surface area contributed by atoms with E-state index in [0.29, 0.717) is 63.0 Å². The zero-order valence-corrected chi connectivity index (χ0v) is 31.1. The number of hydrogen-bond donors (Lipinski definition) is 5. The number of carbonyl (C=O) groups is 5. The van der Waals surface area contributed by atoms with Crippen LogP contribution >= 0.6 is 11.6 Å². The third kappa shape index (κ3) is 9.24. The van der Waals surface area contributed by atoms with E-state index in [1.807, 2.05) is 23.1 Å². The Morgan fingerprint density at radius 2 is 1.73 bits per heavy atom. The molecule has 2 unspecified atom stereocenters. The summed E-state index contributed by atoms with van der Waals surface area (Å²) in [5, 5.41) is 27.9. The van der Waals surface area contributed by atoms with Crippen LogP contribution < -0.4 is 16.4 Å². The smallest absolute Gasteiger partial charge is 0.335 e. The van der Waals surface area contributed by atoms with Crippen LogP contribution in [0.1, 0.15) is 70.8 Å². The number of nitrogens with zero attached hydrogens (tertiary/aromatic N) is 3. The summed E-state index contributed by atoms with van der Waals surface area (Å²) < 4.78 is 14.8. The second-order valence-corrected chi connectivity index (χ2v) is 14.3. The molecule has 0 saturated heterocycles. The molecule has 0 bridgehead atoms. The summed E-state index contributed by atoms with van der Waals surface area (Å²) in [6, 6.07) is 13.8. The summed E-state index contributed by atoms with van der Waals surface area (Å²) in [5.74, 6) is -3.97. The molecule has 3 heterocycles. The molecule has 0 aromatic heterocycles. The number of fused-ring (bicyclic) bond motifs is 1. The number of aromatic carboxylic acids is 1. The number of unbranched alkanes of at least 4 members (excludes halogenated alkanes) is 1. The molecule has 0 fully saturated rings. The maximum atomic E-state index is 14.8. The van der Waals surface area contributed by atoms with Gasteiger partial charge in [-0.05, 0) is 90.8 Å². The molecule has 3 aliphatic heterocycles. The van der Waals surface area contributed by atoms with Crippen molar-refractivity contribution in [3.05, 3.63) is 105 Å². The molecule has 3 amide bonds. The molecule has 0 spiro atoms. The highest BCUT2D eigenvalue weighted by molar-refractivity contribution is 6.31. The number of oxime groups is 1. The summed E-state index contributed by atoms with van der Waals surface area (Å²) in [6.07, 6.45) is 3.55. The number of aliphatic carboxylic acids is 1. The monoisotopic (exact) mass is 788 g/mol. The average Bonchev–Trinajstić information content (AvgIpc) is 3.68. The lowest BCUT2D eigenvalue weighted by molar-refractivity contribution is -0.148. The Bertz CT molecular complexity index is 2080. The molecule has 56 heavy (non-hydrogen) atoms. The molecule has 3 aliphatic rings.